The van der Waals surface area contributed by atoms with Crippen LogP contribution in [0.1, 0.15) is 12.8 Å². The average Bonchev–Trinajstić information content (AvgIpc) is 2.46. The van der Waals surface area contributed by atoms with Crippen molar-refractivity contribution in [2.45, 2.75) is 12.8 Å². The first kappa shape index (κ1) is 13.0. The summed E-state index contributed by atoms with van der Waals surface area (Å²) in [7, 11) is 0. The second kappa shape index (κ2) is 7.12. The third kappa shape index (κ3) is 3.54. The van der Waals surface area contributed by atoms with Crippen LogP contribution in [0.25, 0.3) is 0 Å². The fourth-order valence-corrected chi connectivity index (χ4v) is 2.23. The van der Waals surface area contributed by atoms with Gasteiger partial charge in [-0.05, 0) is 42.9 Å². The van der Waals surface area contributed by atoms with Crippen LogP contribution in [0, 0.1) is 0 Å². The Morgan fingerprint density at radius 3 is 1.67 bits per heavy atom. The van der Waals surface area contributed by atoms with Crippen LogP contribution in [0.15, 0.2) is 60.7 Å². The van der Waals surface area contributed by atoms with Gasteiger partial charge in [-0.1, -0.05) is 36.4 Å². The molecule has 94 valence electrons. The molecule has 0 bridgehead atoms. The van der Waals surface area contributed by atoms with Crippen LogP contribution in [-0.4, -0.2) is 12.3 Å². The normalized spacial score (nSPS) is 10.3. The van der Waals surface area contributed by atoms with Gasteiger partial charge in [-0.2, -0.15) is 12.6 Å². The SMILES string of the molecule is SCCCCN(c1ccccc1)c1ccccc1. The molecule has 0 aliphatic rings. The first-order valence-corrected chi connectivity index (χ1v) is 7.03. The summed E-state index contributed by atoms with van der Waals surface area (Å²) < 4.78 is 0. The molecular formula is C16H19NS. The zero-order chi connectivity index (χ0) is 12.6. The molecule has 2 aromatic carbocycles. The smallest absolute Gasteiger partial charge is 0.0410 e. The molecule has 0 aliphatic carbocycles. The van der Waals surface area contributed by atoms with E-state index in [4.69, 9.17) is 0 Å². The van der Waals surface area contributed by atoms with E-state index in [2.05, 4.69) is 78.2 Å². The van der Waals surface area contributed by atoms with Gasteiger partial charge < -0.3 is 4.90 Å². The third-order valence-electron chi connectivity index (χ3n) is 2.93. The molecule has 0 aliphatic heterocycles. The van der Waals surface area contributed by atoms with Gasteiger partial charge in [0.25, 0.3) is 0 Å². The van der Waals surface area contributed by atoms with Crippen molar-refractivity contribution in [3.8, 4) is 0 Å². The fourth-order valence-electron chi connectivity index (χ4n) is 2.00. The minimum absolute atomic E-state index is 0.956. The molecule has 0 atom stereocenters. The van der Waals surface area contributed by atoms with Crippen LogP contribution < -0.4 is 4.90 Å². The summed E-state index contributed by atoms with van der Waals surface area (Å²) in [5, 5.41) is 0. The molecular weight excluding hydrogens is 238 g/mol. The van der Waals surface area contributed by atoms with Crippen LogP contribution in [0.2, 0.25) is 0 Å². The van der Waals surface area contributed by atoms with Crippen molar-refractivity contribution in [2.75, 3.05) is 17.2 Å². The zero-order valence-electron chi connectivity index (χ0n) is 10.5. The summed E-state index contributed by atoms with van der Waals surface area (Å²) in [4.78, 5) is 2.36. The monoisotopic (exact) mass is 257 g/mol. The lowest BCUT2D eigenvalue weighted by Crippen LogP contribution is -2.18. The highest BCUT2D eigenvalue weighted by Gasteiger charge is 2.07. The Hall–Kier alpha value is -1.41. The van der Waals surface area contributed by atoms with E-state index in [-0.39, 0.29) is 0 Å². The standard InChI is InChI=1S/C16H19NS/c18-14-8-7-13-17(15-9-3-1-4-10-15)16-11-5-2-6-12-16/h1-6,9-12,18H,7-8,13-14H2. The van der Waals surface area contributed by atoms with Crippen molar-refractivity contribution in [1.29, 1.82) is 0 Å². The Morgan fingerprint density at radius 2 is 1.22 bits per heavy atom. The van der Waals surface area contributed by atoms with Crippen molar-refractivity contribution in [2.24, 2.45) is 0 Å². The van der Waals surface area contributed by atoms with Crippen LogP contribution in [-0.2, 0) is 0 Å². The van der Waals surface area contributed by atoms with Gasteiger partial charge in [-0.3, -0.25) is 0 Å². The summed E-state index contributed by atoms with van der Waals surface area (Å²) in [6.45, 7) is 1.04. The number of hydrogen-bond donors (Lipinski definition) is 1. The molecule has 0 fully saturated rings. The highest BCUT2D eigenvalue weighted by atomic mass is 32.1. The van der Waals surface area contributed by atoms with Crippen molar-refractivity contribution in [3.63, 3.8) is 0 Å². The van der Waals surface area contributed by atoms with Gasteiger partial charge in [0.15, 0.2) is 0 Å². The first-order chi connectivity index (χ1) is 8.92. The molecule has 0 spiro atoms. The minimum Gasteiger partial charge on any atom is -0.341 e. The number of hydrogen-bond acceptors (Lipinski definition) is 2. The van der Waals surface area contributed by atoms with E-state index in [1.165, 1.54) is 11.4 Å². The van der Waals surface area contributed by atoms with Crippen LogP contribution >= 0.6 is 12.6 Å². The summed E-state index contributed by atoms with van der Waals surface area (Å²) >= 11 is 4.28. The number of rotatable bonds is 6. The Bertz CT molecular complexity index is 402. The molecule has 0 aromatic heterocycles. The van der Waals surface area contributed by atoms with Gasteiger partial charge in [-0.25, -0.2) is 0 Å². The number of para-hydroxylation sites is 2. The van der Waals surface area contributed by atoms with Crippen molar-refractivity contribution < 1.29 is 0 Å². The van der Waals surface area contributed by atoms with Crippen molar-refractivity contribution in [3.05, 3.63) is 60.7 Å². The van der Waals surface area contributed by atoms with Crippen molar-refractivity contribution in [1.82, 2.24) is 0 Å². The Morgan fingerprint density at radius 1 is 0.722 bits per heavy atom. The van der Waals surface area contributed by atoms with E-state index >= 15 is 0 Å². The van der Waals surface area contributed by atoms with E-state index in [1.807, 2.05) is 0 Å². The van der Waals surface area contributed by atoms with E-state index in [9.17, 15) is 0 Å². The fraction of sp³-hybridized carbons (Fsp3) is 0.250. The summed E-state index contributed by atoms with van der Waals surface area (Å²) in [6, 6.07) is 21.1. The lowest BCUT2D eigenvalue weighted by molar-refractivity contribution is 0.793. The van der Waals surface area contributed by atoms with E-state index in [0.717, 1.165) is 25.1 Å². The Labute approximate surface area is 115 Å². The lowest BCUT2D eigenvalue weighted by atomic mass is 10.2. The largest absolute Gasteiger partial charge is 0.341 e. The summed E-state index contributed by atoms with van der Waals surface area (Å²) in [6.07, 6.45) is 2.31. The second-order valence-electron chi connectivity index (χ2n) is 4.25. The second-order valence-corrected chi connectivity index (χ2v) is 4.70. The molecule has 2 heteroatoms. The summed E-state index contributed by atoms with van der Waals surface area (Å²) in [5.41, 5.74) is 2.51. The van der Waals surface area contributed by atoms with Gasteiger partial charge in [0.05, 0.1) is 0 Å². The number of anilines is 2. The Kier molecular flexibility index (Phi) is 5.15. The number of thiol groups is 1. The summed E-state index contributed by atoms with van der Waals surface area (Å²) in [5.74, 6) is 0.956. The molecule has 2 aromatic rings. The topological polar surface area (TPSA) is 3.24 Å². The zero-order valence-corrected chi connectivity index (χ0v) is 11.4. The molecule has 2 rings (SSSR count). The maximum atomic E-state index is 4.28. The van der Waals surface area contributed by atoms with E-state index in [0.29, 0.717) is 0 Å². The molecule has 0 saturated heterocycles. The molecule has 18 heavy (non-hydrogen) atoms. The maximum Gasteiger partial charge on any atom is 0.0410 e. The van der Waals surface area contributed by atoms with Gasteiger partial charge in [-0.15, -0.1) is 0 Å². The molecule has 1 nitrogen and oxygen atoms in total. The predicted molar refractivity (Wildman–Crippen MR) is 83.0 cm³/mol. The van der Waals surface area contributed by atoms with E-state index in [1.54, 1.807) is 0 Å². The third-order valence-corrected chi connectivity index (χ3v) is 3.24. The highest BCUT2D eigenvalue weighted by Crippen LogP contribution is 2.25. The average molecular weight is 257 g/mol. The predicted octanol–water partition coefficient (Wildman–Crippen LogP) is 4.53. The van der Waals surface area contributed by atoms with Gasteiger partial charge in [0.2, 0.25) is 0 Å². The van der Waals surface area contributed by atoms with Crippen molar-refractivity contribution >= 4 is 24.0 Å². The number of benzene rings is 2. The maximum absolute atomic E-state index is 4.28. The van der Waals surface area contributed by atoms with Gasteiger partial charge >= 0.3 is 0 Å². The Balaban J connectivity index is 2.18. The highest BCUT2D eigenvalue weighted by molar-refractivity contribution is 7.80. The van der Waals surface area contributed by atoms with Crippen LogP contribution in [0.3, 0.4) is 0 Å². The van der Waals surface area contributed by atoms with Crippen LogP contribution in [0.5, 0.6) is 0 Å². The number of nitrogens with zero attached hydrogens (tertiary/aromatic N) is 1. The molecule has 0 amide bonds. The van der Waals surface area contributed by atoms with Gasteiger partial charge in [0, 0.05) is 17.9 Å². The van der Waals surface area contributed by atoms with Crippen LogP contribution in [0.4, 0.5) is 11.4 Å². The van der Waals surface area contributed by atoms with Gasteiger partial charge in [0.1, 0.15) is 0 Å². The lowest BCUT2D eigenvalue weighted by Gasteiger charge is -2.25. The minimum atomic E-state index is 0.956. The number of unbranched alkanes of at least 4 members (excludes halogenated alkanes) is 1. The molecule has 0 radical (unpaired) electrons. The molecule has 0 saturated carbocycles. The molecule has 0 unspecified atom stereocenters. The van der Waals surface area contributed by atoms with E-state index < -0.39 is 0 Å². The molecule has 0 N–H and O–H groups in total. The first-order valence-electron chi connectivity index (χ1n) is 6.40. The quantitative estimate of drug-likeness (QED) is 0.587. The molecule has 0 heterocycles.